The van der Waals surface area contributed by atoms with Gasteiger partial charge < -0.3 is 14.1 Å². The summed E-state index contributed by atoms with van der Waals surface area (Å²) in [7, 11) is 1.34. The third-order valence-electron chi connectivity index (χ3n) is 5.39. The summed E-state index contributed by atoms with van der Waals surface area (Å²) in [6, 6.07) is 3.45. The molecule has 1 aliphatic carbocycles. The molecule has 0 atom stereocenters. The molecule has 2 fully saturated rings. The summed E-state index contributed by atoms with van der Waals surface area (Å²) in [5, 5.41) is 0. The molecule has 0 N–H and O–H groups in total. The third kappa shape index (κ3) is 4.84. The molecule has 2 heterocycles. The second-order valence-corrected chi connectivity index (χ2v) is 7.10. The molecule has 0 radical (unpaired) electrons. The zero-order valence-electron chi connectivity index (χ0n) is 15.0. The number of hydrogen-bond acceptors (Lipinski definition) is 5. The first-order chi connectivity index (χ1) is 12.2. The third-order valence-corrected chi connectivity index (χ3v) is 5.39. The molecule has 2 aliphatic rings. The Kier molecular flexibility index (Phi) is 6.13. The monoisotopic (exact) mass is 348 g/mol. The fourth-order valence-corrected chi connectivity index (χ4v) is 3.83. The first kappa shape index (κ1) is 18.0. The normalized spacial score (nSPS) is 19.3. The van der Waals surface area contributed by atoms with E-state index in [1.165, 1.54) is 32.8 Å². The molecule has 1 saturated carbocycles. The average Bonchev–Trinajstić information content (AvgIpc) is 3.31. The van der Waals surface area contributed by atoms with Crippen molar-refractivity contribution in [2.45, 2.75) is 45.1 Å². The quantitative estimate of drug-likeness (QED) is 0.740. The highest BCUT2D eigenvalue weighted by atomic mass is 16.5. The Hall–Kier alpha value is -1.82. The largest absolute Gasteiger partial charge is 0.463 e. The van der Waals surface area contributed by atoms with Crippen molar-refractivity contribution in [3.8, 4) is 0 Å². The van der Waals surface area contributed by atoms with Crippen LogP contribution in [0, 0.1) is 5.92 Å². The van der Waals surface area contributed by atoms with Crippen molar-refractivity contribution in [1.82, 2.24) is 9.80 Å². The SMILES string of the molecule is COC(=O)c1ccc(CN2CCN(C(=O)CCC3CCCC3)CC2)o1. The highest BCUT2D eigenvalue weighted by Crippen LogP contribution is 2.28. The predicted octanol–water partition coefficient (Wildman–Crippen LogP) is 2.68. The van der Waals surface area contributed by atoms with E-state index in [0.717, 1.165) is 44.3 Å². The van der Waals surface area contributed by atoms with Gasteiger partial charge >= 0.3 is 5.97 Å². The fourth-order valence-electron chi connectivity index (χ4n) is 3.83. The van der Waals surface area contributed by atoms with Crippen LogP contribution in [0.15, 0.2) is 16.5 Å². The van der Waals surface area contributed by atoms with Crippen LogP contribution >= 0.6 is 0 Å². The van der Waals surface area contributed by atoms with E-state index >= 15 is 0 Å². The minimum atomic E-state index is -0.455. The van der Waals surface area contributed by atoms with Gasteiger partial charge in [-0.3, -0.25) is 9.69 Å². The minimum absolute atomic E-state index is 0.234. The van der Waals surface area contributed by atoms with Gasteiger partial charge in [0, 0.05) is 32.6 Å². The number of nitrogens with zero attached hydrogens (tertiary/aromatic N) is 2. The van der Waals surface area contributed by atoms with Crippen LogP contribution < -0.4 is 0 Å². The minimum Gasteiger partial charge on any atom is -0.463 e. The molecule has 3 rings (SSSR count). The highest BCUT2D eigenvalue weighted by molar-refractivity contribution is 5.86. The number of ether oxygens (including phenoxy) is 1. The fraction of sp³-hybridized carbons (Fsp3) is 0.684. The van der Waals surface area contributed by atoms with Crippen LogP contribution in [0.2, 0.25) is 0 Å². The Bertz CT molecular complexity index is 584. The molecule has 1 aromatic heterocycles. The van der Waals surface area contributed by atoms with Crippen molar-refractivity contribution in [3.05, 3.63) is 23.7 Å². The van der Waals surface area contributed by atoms with E-state index in [0.29, 0.717) is 18.9 Å². The maximum Gasteiger partial charge on any atom is 0.373 e. The maximum absolute atomic E-state index is 12.4. The van der Waals surface area contributed by atoms with E-state index in [1.54, 1.807) is 6.07 Å². The molecule has 25 heavy (non-hydrogen) atoms. The number of furan rings is 1. The van der Waals surface area contributed by atoms with Gasteiger partial charge in [-0.15, -0.1) is 0 Å². The number of carbonyl (C=O) groups is 2. The Morgan fingerprint density at radius 2 is 1.88 bits per heavy atom. The molecule has 1 aromatic rings. The number of rotatable bonds is 6. The van der Waals surface area contributed by atoms with Gasteiger partial charge in [-0.05, 0) is 24.5 Å². The van der Waals surface area contributed by atoms with Gasteiger partial charge in [0.2, 0.25) is 11.7 Å². The van der Waals surface area contributed by atoms with Gasteiger partial charge in [-0.1, -0.05) is 25.7 Å². The number of carbonyl (C=O) groups excluding carboxylic acids is 2. The van der Waals surface area contributed by atoms with Gasteiger partial charge in [0.15, 0.2) is 0 Å². The van der Waals surface area contributed by atoms with Crippen LogP contribution in [0.1, 0.15) is 54.8 Å². The van der Waals surface area contributed by atoms with Crippen molar-refractivity contribution in [1.29, 1.82) is 0 Å². The summed E-state index contributed by atoms with van der Waals surface area (Å²) in [5.74, 6) is 1.61. The zero-order valence-corrected chi connectivity index (χ0v) is 15.0. The Morgan fingerprint density at radius 1 is 1.16 bits per heavy atom. The Balaban J connectivity index is 1.39. The zero-order chi connectivity index (χ0) is 17.6. The number of hydrogen-bond donors (Lipinski definition) is 0. The smallest absolute Gasteiger partial charge is 0.373 e. The van der Waals surface area contributed by atoms with Crippen LogP contribution in [-0.4, -0.2) is 55.0 Å². The van der Waals surface area contributed by atoms with Crippen molar-refractivity contribution < 1.29 is 18.7 Å². The second-order valence-electron chi connectivity index (χ2n) is 7.10. The van der Waals surface area contributed by atoms with E-state index < -0.39 is 5.97 Å². The van der Waals surface area contributed by atoms with E-state index in [-0.39, 0.29) is 5.76 Å². The summed E-state index contributed by atoms with van der Waals surface area (Å²) >= 11 is 0. The average molecular weight is 348 g/mol. The molecule has 138 valence electrons. The molecular formula is C19H28N2O4. The Labute approximate surface area is 149 Å². The summed E-state index contributed by atoms with van der Waals surface area (Å²) in [5.41, 5.74) is 0. The van der Waals surface area contributed by atoms with E-state index in [2.05, 4.69) is 9.64 Å². The molecule has 1 amide bonds. The summed E-state index contributed by atoms with van der Waals surface area (Å²) < 4.78 is 10.2. The molecular weight excluding hydrogens is 320 g/mol. The molecule has 6 heteroatoms. The van der Waals surface area contributed by atoms with Gasteiger partial charge in [0.05, 0.1) is 13.7 Å². The molecule has 0 unspecified atom stereocenters. The van der Waals surface area contributed by atoms with Crippen molar-refractivity contribution in [3.63, 3.8) is 0 Å². The van der Waals surface area contributed by atoms with Gasteiger partial charge in [-0.25, -0.2) is 4.79 Å². The van der Waals surface area contributed by atoms with Gasteiger partial charge in [0.1, 0.15) is 5.76 Å². The molecule has 6 nitrogen and oxygen atoms in total. The van der Waals surface area contributed by atoms with E-state index in [1.807, 2.05) is 11.0 Å². The number of methoxy groups -OCH3 is 1. The van der Waals surface area contributed by atoms with Gasteiger partial charge in [-0.2, -0.15) is 0 Å². The van der Waals surface area contributed by atoms with Crippen molar-refractivity contribution >= 4 is 11.9 Å². The van der Waals surface area contributed by atoms with E-state index in [9.17, 15) is 9.59 Å². The predicted molar refractivity (Wildman–Crippen MR) is 93.1 cm³/mol. The standard InChI is InChI=1S/C19H28N2O4/c1-24-19(23)17-8-7-16(25-17)14-20-10-12-21(13-11-20)18(22)9-6-15-4-2-3-5-15/h7-8,15H,2-6,9-14H2,1H3. The highest BCUT2D eigenvalue weighted by Gasteiger charge is 2.23. The lowest BCUT2D eigenvalue weighted by atomic mass is 10.0. The summed E-state index contributed by atoms with van der Waals surface area (Å²) in [4.78, 5) is 28.0. The lowest BCUT2D eigenvalue weighted by Gasteiger charge is -2.34. The molecule has 0 spiro atoms. The van der Waals surface area contributed by atoms with Gasteiger partial charge in [0.25, 0.3) is 0 Å². The lowest BCUT2D eigenvalue weighted by Crippen LogP contribution is -2.48. The topological polar surface area (TPSA) is 63.0 Å². The van der Waals surface area contributed by atoms with E-state index in [4.69, 9.17) is 4.42 Å². The van der Waals surface area contributed by atoms with Crippen molar-refractivity contribution in [2.24, 2.45) is 5.92 Å². The number of amides is 1. The molecule has 0 aromatic carbocycles. The van der Waals surface area contributed by atoms with Crippen LogP contribution in [0.5, 0.6) is 0 Å². The first-order valence-corrected chi connectivity index (χ1v) is 9.33. The number of esters is 1. The summed E-state index contributed by atoms with van der Waals surface area (Å²) in [6.45, 7) is 3.87. The lowest BCUT2D eigenvalue weighted by molar-refractivity contribution is -0.133. The second kappa shape index (κ2) is 8.52. The maximum atomic E-state index is 12.4. The molecule has 1 aliphatic heterocycles. The summed E-state index contributed by atoms with van der Waals surface area (Å²) in [6.07, 6.45) is 7.03. The first-order valence-electron chi connectivity index (χ1n) is 9.33. The Morgan fingerprint density at radius 3 is 2.56 bits per heavy atom. The van der Waals surface area contributed by atoms with Crippen LogP contribution in [0.4, 0.5) is 0 Å². The molecule has 1 saturated heterocycles. The molecule has 0 bridgehead atoms. The van der Waals surface area contributed by atoms with Crippen LogP contribution in [-0.2, 0) is 16.1 Å². The van der Waals surface area contributed by atoms with Crippen LogP contribution in [0.25, 0.3) is 0 Å². The number of piperazine rings is 1. The van der Waals surface area contributed by atoms with Crippen molar-refractivity contribution in [2.75, 3.05) is 33.3 Å². The van der Waals surface area contributed by atoms with Crippen LogP contribution in [0.3, 0.4) is 0 Å².